The van der Waals surface area contributed by atoms with Crippen LogP contribution in [-0.4, -0.2) is 12.2 Å². The van der Waals surface area contributed by atoms with Crippen LogP contribution in [0, 0.1) is 5.82 Å². The van der Waals surface area contributed by atoms with Gasteiger partial charge in [-0.15, -0.1) is 0 Å². The first-order valence-electron chi connectivity index (χ1n) is 5.19. The van der Waals surface area contributed by atoms with Crippen LogP contribution >= 0.6 is 0 Å². The van der Waals surface area contributed by atoms with Crippen LogP contribution in [-0.2, 0) is 0 Å². The zero-order chi connectivity index (χ0) is 11.0. The molecule has 0 spiro atoms. The molecule has 15 heavy (non-hydrogen) atoms. The molecule has 2 atom stereocenters. The topological polar surface area (TPSA) is 29.5 Å². The Morgan fingerprint density at radius 1 is 1.40 bits per heavy atom. The van der Waals surface area contributed by atoms with E-state index in [1.807, 2.05) is 6.92 Å². The van der Waals surface area contributed by atoms with Gasteiger partial charge in [0, 0.05) is 6.07 Å². The van der Waals surface area contributed by atoms with Crippen LogP contribution in [0.5, 0.6) is 5.75 Å². The molecule has 1 aromatic rings. The third-order valence-electron chi connectivity index (χ3n) is 3.10. The van der Waals surface area contributed by atoms with E-state index in [0.717, 1.165) is 6.42 Å². The second-order valence-electron chi connectivity index (χ2n) is 4.11. The molecule has 0 amide bonds. The van der Waals surface area contributed by atoms with Gasteiger partial charge in [0.2, 0.25) is 0 Å². The molecule has 82 valence electrons. The van der Waals surface area contributed by atoms with Gasteiger partial charge in [0.05, 0.1) is 13.2 Å². The van der Waals surface area contributed by atoms with Gasteiger partial charge in [0.15, 0.2) is 0 Å². The van der Waals surface area contributed by atoms with Crippen molar-refractivity contribution >= 4 is 0 Å². The van der Waals surface area contributed by atoms with Crippen molar-refractivity contribution in [2.45, 2.75) is 31.8 Å². The highest BCUT2D eigenvalue weighted by Gasteiger charge is 2.26. The van der Waals surface area contributed by atoms with E-state index >= 15 is 0 Å². The minimum absolute atomic E-state index is 0.175. The van der Waals surface area contributed by atoms with Crippen LogP contribution in [0.15, 0.2) is 12.1 Å². The largest absolute Gasteiger partial charge is 0.497 e. The number of hydrogen-bond donors (Lipinski definition) is 1. The maximum absolute atomic E-state index is 13.8. The molecule has 2 nitrogen and oxygen atoms in total. The van der Waals surface area contributed by atoms with Gasteiger partial charge in [0.25, 0.3) is 0 Å². The zero-order valence-electron chi connectivity index (χ0n) is 8.96. The van der Waals surface area contributed by atoms with E-state index in [0.29, 0.717) is 23.3 Å². The maximum atomic E-state index is 13.8. The molecule has 3 heteroatoms. The number of benzene rings is 1. The van der Waals surface area contributed by atoms with Crippen molar-refractivity contribution in [3.8, 4) is 5.75 Å². The lowest BCUT2D eigenvalue weighted by molar-refractivity contribution is 0.150. The molecule has 1 aliphatic carbocycles. The Hall–Kier alpha value is -1.09. The van der Waals surface area contributed by atoms with Crippen molar-refractivity contribution in [2.75, 3.05) is 7.11 Å². The molecule has 1 aromatic carbocycles. The summed E-state index contributed by atoms with van der Waals surface area (Å²) in [7, 11) is 1.50. The lowest BCUT2D eigenvalue weighted by Gasteiger charge is -2.27. The van der Waals surface area contributed by atoms with Crippen molar-refractivity contribution in [3.05, 3.63) is 29.1 Å². The van der Waals surface area contributed by atoms with E-state index in [1.54, 1.807) is 6.07 Å². The summed E-state index contributed by atoms with van der Waals surface area (Å²) in [6, 6.07) is 3.12. The van der Waals surface area contributed by atoms with Crippen molar-refractivity contribution in [1.82, 2.24) is 0 Å². The first kappa shape index (κ1) is 10.4. The molecule has 0 saturated carbocycles. The quantitative estimate of drug-likeness (QED) is 0.772. The summed E-state index contributed by atoms with van der Waals surface area (Å²) in [4.78, 5) is 0. The smallest absolute Gasteiger partial charge is 0.130 e. The molecule has 0 fully saturated rings. The summed E-state index contributed by atoms with van der Waals surface area (Å²) in [6.45, 7) is 1.99. The molecular weight excluding hydrogens is 195 g/mol. The summed E-state index contributed by atoms with van der Waals surface area (Å²) in [5.74, 6) is 0.379. The molecule has 1 unspecified atom stereocenters. The molecule has 0 aliphatic heterocycles. The second kappa shape index (κ2) is 3.81. The van der Waals surface area contributed by atoms with Gasteiger partial charge in [-0.1, -0.05) is 6.92 Å². The van der Waals surface area contributed by atoms with Crippen molar-refractivity contribution in [1.29, 1.82) is 0 Å². The summed E-state index contributed by atoms with van der Waals surface area (Å²) in [5, 5.41) is 9.80. The van der Waals surface area contributed by atoms with Gasteiger partial charge in [0.1, 0.15) is 11.6 Å². The average molecular weight is 210 g/mol. The molecule has 0 bridgehead atoms. The van der Waals surface area contributed by atoms with Crippen LogP contribution in [0.4, 0.5) is 4.39 Å². The average Bonchev–Trinajstić information content (AvgIpc) is 2.23. The van der Waals surface area contributed by atoms with Gasteiger partial charge in [-0.25, -0.2) is 4.39 Å². The highest BCUT2D eigenvalue weighted by Crippen LogP contribution is 2.40. The number of hydrogen-bond acceptors (Lipinski definition) is 2. The molecule has 0 heterocycles. The van der Waals surface area contributed by atoms with Gasteiger partial charge in [-0.05, 0) is 36.0 Å². The van der Waals surface area contributed by atoms with E-state index in [4.69, 9.17) is 4.74 Å². The number of rotatable bonds is 1. The maximum Gasteiger partial charge on any atom is 0.130 e. The molecule has 1 N–H and O–H groups in total. The predicted molar refractivity (Wildman–Crippen MR) is 55.6 cm³/mol. The molecule has 0 saturated heterocycles. The Bertz CT molecular complexity index is 376. The summed E-state index contributed by atoms with van der Waals surface area (Å²) in [6.07, 6.45) is 0.971. The van der Waals surface area contributed by atoms with E-state index in [2.05, 4.69) is 0 Å². The Kier molecular flexibility index (Phi) is 2.65. The van der Waals surface area contributed by atoms with Gasteiger partial charge in [-0.2, -0.15) is 0 Å². The zero-order valence-corrected chi connectivity index (χ0v) is 8.96. The van der Waals surface area contributed by atoms with Crippen LogP contribution in [0.3, 0.4) is 0 Å². The standard InChI is InChI=1S/C12H15FO2/c1-7-3-4-11(14)9-5-8(15-2)6-10(13)12(7)9/h5-7,11,14H,3-4H2,1-2H3/t7?,11-/m0/s1. The third-order valence-corrected chi connectivity index (χ3v) is 3.10. The summed E-state index contributed by atoms with van der Waals surface area (Å²) in [5.41, 5.74) is 1.33. The number of aliphatic hydroxyl groups is 1. The molecule has 1 aliphatic rings. The fourth-order valence-electron chi connectivity index (χ4n) is 2.23. The second-order valence-corrected chi connectivity index (χ2v) is 4.11. The number of aliphatic hydroxyl groups excluding tert-OH is 1. The SMILES string of the molecule is COc1cc(F)c2c(c1)[C@@H](O)CCC2C. The third kappa shape index (κ3) is 1.72. The van der Waals surface area contributed by atoms with E-state index < -0.39 is 6.10 Å². The van der Waals surface area contributed by atoms with Crippen molar-refractivity contribution in [2.24, 2.45) is 0 Å². The fourth-order valence-corrected chi connectivity index (χ4v) is 2.23. The molecule has 2 rings (SSSR count). The van der Waals surface area contributed by atoms with Crippen molar-refractivity contribution < 1.29 is 14.2 Å². The molecule has 0 radical (unpaired) electrons. The highest BCUT2D eigenvalue weighted by atomic mass is 19.1. The Labute approximate surface area is 88.7 Å². The molecular formula is C12H15FO2. The monoisotopic (exact) mass is 210 g/mol. The summed E-state index contributed by atoms with van der Waals surface area (Å²) >= 11 is 0. The number of methoxy groups -OCH3 is 1. The van der Waals surface area contributed by atoms with E-state index in [9.17, 15) is 9.50 Å². The number of fused-ring (bicyclic) bond motifs is 1. The fraction of sp³-hybridized carbons (Fsp3) is 0.500. The minimum atomic E-state index is -0.555. The first-order chi connectivity index (χ1) is 7.13. The molecule has 0 aromatic heterocycles. The predicted octanol–water partition coefficient (Wildman–Crippen LogP) is 2.77. The first-order valence-corrected chi connectivity index (χ1v) is 5.19. The summed E-state index contributed by atoms with van der Waals surface area (Å²) < 4.78 is 18.7. The lowest BCUT2D eigenvalue weighted by atomic mass is 9.82. The Balaban J connectivity index is 2.56. The minimum Gasteiger partial charge on any atom is -0.497 e. The number of halogens is 1. The Morgan fingerprint density at radius 3 is 2.80 bits per heavy atom. The Morgan fingerprint density at radius 2 is 2.13 bits per heavy atom. The number of ether oxygens (including phenoxy) is 1. The van der Waals surface area contributed by atoms with Gasteiger partial charge < -0.3 is 9.84 Å². The normalized spacial score (nSPS) is 24.8. The van der Waals surface area contributed by atoms with Crippen LogP contribution in [0.2, 0.25) is 0 Å². The highest BCUT2D eigenvalue weighted by molar-refractivity contribution is 5.41. The van der Waals surface area contributed by atoms with E-state index in [1.165, 1.54) is 13.2 Å². The van der Waals surface area contributed by atoms with E-state index in [-0.39, 0.29) is 11.7 Å². The lowest BCUT2D eigenvalue weighted by Crippen LogP contribution is -2.14. The van der Waals surface area contributed by atoms with Crippen LogP contribution in [0.1, 0.15) is 42.9 Å². The van der Waals surface area contributed by atoms with Gasteiger partial charge >= 0.3 is 0 Å². The van der Waals surface area contributed by atoms with Crippen LogP contribution < -0.4 is 4.74 Å². The van der Waals surface area contributed by atoms with Gasteiger partial charge in [-0.3, -0.25) is 0 Å². The van der Waals surface area contributed by atoms with Crippen molar-refractivity contribution in [3.63, 3.8) is 0 Å². The van der Waals surface area contributed by atoms with Crippen LogP contribution in [0.25, 0.3) is 0 Å².